The van der Waals surface area contributed by atoms with Gasteiger partial charge in [0.25, 0.3) is 0 Å². The van der Waals surface area contributed by atoms with Gasteiger partial charge in [-0.1, -0.05) is 57.2 Å². The summed E-state index contributed by atoms with van der Waals surface area (Å²) >= 11 is 0. The average molecular weight is 231 g/mol. The van der Waals surface area contributed by atoms with Gasteiger partial charge in [-0.3, -0.25) is 0 Å². The molecule has 1 aromatic carbocycles. The number of nitrogens with one attached hydrogen (secondary N) is 1. The second-order valence-corrected chi connectivity index (χ2v) is 4.50. The van der Waals surface area contributed by atoms with E-state index in [1.807, 2.05) is 0 Å². The van der Waals surface area contributed by atoms with Crippen molar-refractivity contribution in [3.8, 4) is 0 Å². The molecule has 0 saturated heterocycles. The zero-order valence-corrected chi connectivity index (χ0v) is 11.4. The van der Waals surface area contributed by atoms with Crippen molar-refractivity contribution in [2.75, 3.05) is 6.54 Å². The number of hydrogen-bond acceptors (Lipinski definition) is 1. The maximum Gasteiger partial charge on any atom is 0.0344 e. The van der Waals surface area contributed by atoms with Crippen LogP contribution in [-0.4, -0.2) is 12.6 Å². The molecule has 0 aliphatic rings. The van der Waals surface area contributed by atoms with E-state index in [0.717, 1.165) is 19.4 Å². The molecule has 1 rings (SSSR count). The van der Waals surface area contributed by atoms with Crippen LogP contribution in [-0.2, 0) is 5.41 Å². The Labute approximate surface area is 106 Å². The molecule has 0 amide bonds. The average Bonchev–Trinajstić information content (AvgIpc) is 2.40. The maximum atomic E-state index is 4.00. The van der Waals surface area contributed by atoms with Crippen LogP contribution in [0.2, 0.25) is 0 Å². The van der Waals surface area contributed by atoms with E-state index in [-0.39, 0.29) is 5.41 Å². The standard InChI is InChI=1S/C16H25N/c1-5-15(17-8-4)16(6-2,7-3)14-12-10-9-11-13-14/h5,9-13,15,17H,1,6-8H2,2-4H3. The van der Waals surface area contributed by atoms with E-state index in [2.05, 4.69) is 69.1 Å². The van der Waals surface area contributed by atoms with E-state index < -0.39 is 0 Å². The minimum absolute atomic E-state index is 0.166. The molecule has 1 heteroatoms. The van der Waals surface area contributed by atoms with Gasteiger partial charge < -0.3 is 5.32 Å². The fourth-order valence-electron chi connectivity index (χ4n) is 2.77. The first kappa shape index (κ1) is 14.0. The molecule has 1 aromatic rings. The van der Waals surface area contributed by atoms with Gasteiger partial charge in [0, 0.05) is 11.5 Å². The number of hydrogen-bond donors (Lipinski definition) is 1. The predicted octanol–water partition coefficient (Wildman–Crippen LogP) is 3.91. The Morgan fingerprint density at radius 1 is 1.18 bits per heavy atom. The Kier molecular flexibility index (Phi) is 5.43. The predicted molar refractivity (Wildman–Crippen MR) is 76.4 cm³/mol. The summed E-state index contributed by atoms with van der Waals surface area (Å²) in [5.41, 5.74) is 1.58. The molecule has 0 spiro atoms. The van der Waals surface area contributed by atoms with E-state index in [1.165, 1.54) is 5.56 Å². The zero-order chi connectivity index (χ0) is 12.7. The molecule has 1 nitrogen and oxygen atoms in total. The van der Waals surface area contributed by atoms with Gasteiger partial charge in [-0.15, -0.1) is 6.58 Å². The molecule has 17 heavy (non-hydrogen) atoms. The summed E-state index contributed by atoms with van der Waals surface area (Å²) in [6.45, 7) is 11.7. The largest absolute Gasteiger partial charge is 0.310 e. The lowest BCUT2D eigenvalue weighted by atomic mass is 9.70. The molecular formula is C16H25N. The van der Waals surface area contributed by atoms with Crippen LogP contribution in [0.3, 0.4) is 0 Å². The van der Waals surface area contributed by atoms with Gasteiger partial charge in [-0.05, 0) is 24.9 Å². The Balaban J connectivity index is 3.16. The molecule has 1 atom stereocenters. The first-order chi connectivity index (χ1) is 8.25. The molecular weight excluding hydrogens is 206 g/mol. The van der Waals surface area contributed by atoms with Crippen LogP contribution >= 0.6 is 0 Å². The topological polar surface area (TPSA) is 12.0 Å². The van der Waals surface area contributed by atoms with E-state index in [1.54, 1.807) is 0 Å². The number of likely N-dealkylation sites (N-methyl/N-ethyl adjacent to an activating group) is 1. The molecule has 0 bridgehead atoms. The molecule has 0 aliphatic carbocycles. The Morgan fingerprint density at radius 2 is 1.76 bits per heavy atom. The van der Waals surface area contributed by atoms with E-state index in [0.29, 0.717) is 6.04 Å². The van der Waals surface area contributed by atoms with Gasteiger partial charge in [0.15, 0.2) is 0 Å². The third-order valence-corrected chi connectivity index (χ3v) is 3.87. The summed E-state index contributed by atoms with van der Waals surface area (Å²) in [5.74, 6) is 0. The summed E-state index contributed by atoms with van der Waals surface area (Å²) in [7, 11) is 0. The monoisotopic (exact) mass is 231 g/mol. The highest BCUT2D eigenvalue weighted by atomic mass is 14.9. The van der Waals surface area contributed by atoms with Crippen LogP contribution in [0.4, 0.5) is 0 Å². The fraction of sp³-hybridized carbons (Fsp3) is 0.500. The highest BCUT2D eigenvalue weighted by molar-refractivity contribution is 5.29. The number of rotatable bonds is 7. The smallest absolute Gasteiger partial charge is 0.0344 e. The van der Waals surface area contributed by atoms with Gasteiger partial charge in [0.1, 0.15) is 0 Å². The van der Waals surface area contributed by atoms with Crippen LogP contribution in [0.25, 0.3) is 0 Å². The highest BCUT2D eigenvalue weighted by Gasteiger charge is 2.34. The van der Waals surface area contributed by atoms with Crippen LogP contribution in [0.15, 0.2) is 43.0 Å². The van der Waals surface area contributed by atoms with Crippen molar-refractivity contribution in [1.29, 1.82) is 0 Å². The minimum atomic E-state index is 0.166. The lowest BCUT2D eigenvalue weighted by molar-refractivity contribution is 0.315. The van der Waals surface area contributed by atoms with Gasteiger partial charge in [0.05, 0.1) is 0 Å². The van der Waals surface area contributed by atoms with Crippen LogP contribution < -0.4 is 5.32 Å². The molecule has 0 radical (unpaired) electrons. The summed E-state index contributed by atoms with van der Waals surface area (Å²) in [6.07, 6.45) is 4.30. The lowest BCUT2D eigenvalue weighted by Crippen LogP contribution is -2.46. The molecule has 94 valence electrons. The van der Waals surface area contributed by atoms with Gasteiger partial charge >= 0.3 is 0 Å². The summed E-state index contributed by atoms with van der Waals surface area (Å²) in [4.78, 5) is 0. The third kappa shape index (κ3) is 2.78. The molecule has 1 unspecified atom stereocenters. The summed E-state index contributed by atoms with van der Waals surface area (Å²) in [6, 6.07) is 11.1. The molecule has 0 aromatic heterocycles. The van der Waals surface area contributed by atoms with E-state index in [9.17, 15) is 0 Å². The zero-order valence-electron chi connectivity index (χ0n) is 11.4. The summed E-state index contributed by atoms with van der Waals surface area (Å²) in [5, 5.41) is 3.56. The molecule has 0 aliphatic heterocycles. The van der Waals surface area contributed by atoms with Crippen molar-refractivity contribution in [3.05, 3.63) is 48.6 Å². The normalized spacial score (nSPS) is 13.4. The lowest BCUT2D eigenvalue weighted by Gasteiger charge is -2.39. The van der Waals surface area contributed by atoms with Crippen molar-refractivity contribution in [2.45, 2.75) is 45.1 Å². The van der Waals surface area contributed by atoms with Crippen LogP contribution in [0, 0.1) is 0 Å². The highest BCUT2D eigenvalue weighted by Crippen LogP contribution is 2.35. The quantitative estimate of drug-likeness (QED) is 0.702. The summed E-state index contributed by atoms with van der Waals surface area (Å²) < 4.78 is 0. The van der Waals surface area contributed by atoms with Crippen molar-refractivity contribution in [2.24, 2.45) is 0 Å². The van der Waals surface area contributed by atoms with Gasteiger partial charge in [-0.25, -0.2) is 0 Å². The van der Waals surface area contributed by atoms with E-state index in [4.69, 9.17) is 0 Å². The molecule has 0 saturated carbocycles. The second kappa shape index (κ2) is 6.61. The molecule has 0 heterocycles. The first-order valence-electron chi connectivity index (χ1n) is 6.66. The molecule has 1 N–H and O–H groups in total. The fourth-order valence-corrected chi connectivity index (χ4v) is 2.77. The van der Waals surface area contributed by atoms with E-state index >= 15 is 0 Å². The van der Waals surface area contributed by atoms with Crippen molar-refractivity contribution >= 4 is 0 Å². The van der Waals surface area contributed by atoms with Crippen LogP contribution in [0.5, 0.6) is 0 Å². The Bertz CT molecular complexity index is 325. The van der Waals surface area contributed by atoms with Gasteiger partial charge in [-0.2, -0.15) is 0 Å². The van der Waals surface area contributed by atoms with Crippen molar-refractivity contribution in [3.63, 3.8) is 0 Å². The van der Waals surface area contributed by atoms with Crippen molar-refractivity contribution in [1.82, 2.24) is 5.32 Å². The Hall–Kier alpha value is -1.08. The maximum absolute atomic E-state index is 4.00. The second-order valence-electron chi connectivity index (χ2n) is 4.50. The first-order valence-corrected chi connectivity index (χ1v) is 6.66. The Morgan fingerprint density at radius 3 is 2.18 bits per heavy atom. The van der Waals surface area contributed by atoms with Crippen LogP contribution in [0.1, 0.15) is 39.2 Å². The van der Waals surface area contributed by atoms with Crippen molar-refractivity contribution < 1.29 is 0 Å². The minimum Gasteiger partial charge on any atom is -0.310 e. The third-order valence-electron chi connectivity index (χ3n) is 3.87. The molecule has 0 fully saturated rings. The SMILES string of the molecule is C=CC(NCC)C(CC)(CC)c1ccccc1. The number of benzene rings is 1. The van der Waals surface area contributed by atoms with Gasteiger partial charge in [0.2, 0.25) is 0 Å².